The number of hydrogen-bond acceptors (Lipinski definition) is 4. The Labute approximate surface area is 81.3 Å². The fraction of sp³-hybridized carbons (Fsp3) is 0.333. The monoisotopic (exact) mass is 193 g/mol. The zero-order chi connectivity index (χ0) is 10.1. The molecular formula is C9H11N3O2. The van der Waals surface area contributed by atoms with Crippen LogP contribution in [0.1, 0.15) is 0 Å². The van der Waals surface area contributed by atoms with Crippen LogP contribution in [0.2, 0.25) is 0 Å². The van der Waals surface area contributed by atoms with Crippen LogP contribution in [0.5, 0.6) is 0 Å². The van der Waals surface area contributed by atoms with Crippen molar-refractivity contribution in [1.29, 1.82) is 0 Å². The van der Waals surface area contributed by atoms with Gasteiger partial charge in [-0.1, -0.05) is 0 Å². The number of anilines is 1. The molecule has 2 rings (SSSR count). The summed E-state index contributed by atoms with van der Waals surface area (Å²) in [6, 6.07) is 6.78. The SMILES string of the molecule is NC1CN(c2ccc([N+](=O)[O-])cc2)C1. The Morgan fingerprint density at radius 2 is 1.93 bits per heavy atom. The van der Waals surface area contributed by atoms with Crippen LogP contribution >= 0.6 is 0 Å². The predicted octanol–water partition coefficient (Wildman–Crippen LogP) is 0.742. The van der Waals surface area contributed by atoms with Gasteiger partial charge in [-0.05, 0) is 12.1 Å². The van der Waals surface area contributed by atoms with Crippen molar-refractivity contribution in [3.63, 3.8) is 0 Å². The lowest BCUT2D eigenvalue weighted by Crippen LogP contribution is -2.55. The summed E-state index contributed by atoms with van der Waals surface area (Å²) >= 11 is 0. The van der Waals surface area contributed by atoms with Gasteiger partial charge in [0.1, 0.15) is 0 Å². The number of rotatable bonds is 2. The molecular weight excluding hydrogens is 182 g/mol. The molecule has 1 saturated heterocycles. The van der Waals surface area contributed by atoms with Crippen LogP contribution in [-0.2, 0) is 0 Å². The van der Waals surface area contributed by atoms with Crippen LogP contribution in [0.3, 0.4) is 0 Å². The zero-order valence-electron chi connectivity index (χ0n) is 7.59. The molecule has 0 aliphatic carbocycles. The van der Waals surface area contributed by atoms with Gasteiger partial charge in [0.05, 0.1) is 4.92 Å². The molecule has 1 aliphatic rings. The van der Waals surface area contributed by atoms with Gasteiger partial charge in [-0.2, -0.15) is 0 Å². The number of nitrogens with zero attached hydrogens (tertiary/aromatic N) is 2. The molecule has 14 heavy (non-hydrogen) atoms. The number of non-ortho nitro benzene ring substituents is 1. The summed E-state index contributed by atoms with van der Waals surface area (Å²) in [4.78, 5) is 12.1. The van der Waals surface area contributed by atoms with Gasteiger partial charge >= 0.3 is 0 Å². The highest BCUT2D eigenvalue weighted by Gasteiger charge is 2.23. The van der Waals surface area contributed by atoms with Gasteiger partial charge in [0.15, 0.2) is 0 Å². The summed E-state index contributed by atoms with van der Waals surface area (Å²) in [7, 11) is 0. The second-order valence-electron chi connectivity index (χ2n) is 3.44. The van der Waals surface area contributed by atoms with Gasteiger partial charge in [0.25, 0.3) is 5.69 Å². The lowest BCUT2D eigenvalue weighted by molar-refractivity contribution is -0.384. The third-order valence-corrected chi connectivity index (χ3v) is 2.34. The molecule has 0 radical (unpaired) electrons. The maximum Gasteiger partial charge on any atom is 0.269 e. The highest BCUT2D eigenvalue weighted by Crippen LogP contribution is 2.22. The van der Waals surface area contributed by atoms with Crippen LogP contribution in [-0.4, -0.2) is 24.1 Å². The quantitative estimate of drug-likeness (QED) is 0.555. The van der Waals surface area contributed by atoms with E-state index in [1.807, 2.05) is 0 Å². The number of benzene rings is 1. The number of nitrogens with two attached hydrogens (primary N) is 1. The third kappa shape index (κ3) is 1.54. The minimum absolute atomic E-state index is 0.124. The molecule has 2 N–H and O–H groups in total. The lowest BCUT2D eigenvalue weighted by Gasteiger charge is -2.38. The minimum atomic E-state index is -0.397. The minimum Gasteiger partial charge on any atom is -0.368 e. The average Bonchev–Trinajstić information content (AvgIpc) is 2.13. The summed E-state index contributed by atoms with van der Waals surface area (Å²) in [5.74, 6) is 0. The van der Waals surface area contributed by atoms with E-state index in [9.17, 15) is 10.1 Å². The van der Waals surface area contributed by atoms with Crippen LogP contribution in [0.15, 0.2) is 24.3 Å². The average molecular weight is 193 g/mol. The molecule has 1 fully saturated rings. The molecule has 0 amide bonds. The van der Waals surface area contributed by atoms with Crippen LogP contribution < -0.4 is 10.6 Å². The summed E-state index contributed by atoms with van der Waals surface area (Å²) < 4.78 is 0. The fourth-order valence-electron chi connectivity index (χ4n) is 1.51. The molecule has 0 saturated carbocycles. The highest BCUT2D eigenvalue weighted by atomic mass is 16.6. The Bertz CT molecular complexity index is 344. The Kier molecular flexibility index (Phi) is 2.09. The van der Waals surface area contributed by atoms with Gasteiger partial charge < -0.3 is 10.6 Å². The number of nitro benzene ring substituents is 1. The first kappa shape index (κ1) is 8.96. The van der Waals surface area contributed by atoms with Crippen LogP contribution in [0.25, 0.3) is 0 Å². The van der Waals surface area contributed by atoms with E-state index in [0.717, 1.165) is 18.8 Å². The molecule has 0 aromatic heterocycles. The van der Waals surface area contributed by atoms with Gasteiger partial charge in [0.2, 0.25) is 0 Å². The molecule has 1 aromatic carbocycles. The number of nitro groups is 1. The van der Waals surface area contributed by atoms with Crippen molar-refractivity contribution in [2.75, 3.05) is 18.0 Å². The van der Waals surface area contributed by atoms with Crippen molar-refractivity contribution in [1.82, 2.24) is 0 Å². The first-order valence-electron chi connectivity index (χ1n) is 4.42. The van der Waals surface area contributed by atoms with E-state index in [1.54, 1.807) is 12.1 Å². The standard InChI is InChI=1S/C9H11N3O2/c10-7-5-11(6-7)8-1-3-9(4-2-8)12(13)14/h1-4,7H,5-6,10H2. The van der Waals surface area contributed by atoms with E-state index >= 15 is 0 Å². The van der Waals surface area contributed by atoms with Crippen molar-refractivity contribution in [2.45, 2.75) is 6.04 Å². The van der Waals surface area contributed by atoms with Gasteiger partial charge in [-0.25, -0.2) is 0 Å². The van der Waals surface area contributed by atoms with Crippen molar-refractivity contribution >= 4 is 11.4 Å². The van der Waals surface area contributed by atoms with Crippen molar-refractivity contribution in [2.24, 2.45) is 5.73 Å². The second-order valence-corrected chi connectivity index (χ2v) is 3.44. The third-order valence-electron chi connectivity index (χ3n) is 2.34. The Balaban J connectivity index is 2.10. The molecule has 1 aliphatic heterocycles. The lowest BCUT2D eigenvalue weighted by atomic mass is 10.1. The van der Waals surface area contributed by atoms with E-state index in [2.05, 4.69) is 4.90 Å². The second kappa shape index (κ2) is 3.26. The zero-order valence-corrected chi connectivity index (χ0v) is 7.59. The van der Waals surface area contributed by atoms with Gasteiger partial charge in [-0.3, -0.25) is 10.1 Å². The van der Waals surface area contributed by atoms with E-state index in [4.69, 9.17) is 5.73 Å². The van der Waals surface area contributed by atoms with Crippen molar-refractivity contribution in [3.8, 4) is 0 Å². The molecule has 0 spiro atoms. The fourth-order valence-corrected chi connectivity index (χ4v) is 1.51. The smallest absolute Gasteiger partial charge is 0.269 e. The van der Waals surface area contributed by atoms with E-state index in [-0.39, 0.29) is 11.7 Å². The molecule has 0 atom stereocenters. The molecule has 0 bridgehead atoms. The normalized spacial score (nSPS) is 16.5. The van der Waals surface area contributed by atoms with Gasteiger partial charge in [-0.15, -0.1) is 0 Å². The Morgan fingerprint density at radius 1 is 1.36 bits per heavy atom. The molecule has 74 valence electrons. The topological polar surface area (TPSA) is 72.4 Å². The molecule has 1 heterocycles. The first-order chi connectivity index (χ1) is 6.66. The Hall–Kier alpha value is -1.62. The van der Waals surface area contributed by atoms with Crippen LogP contribution in [0.4, 0.5) is 11.4 Å². The van der Waals surface area contributed by atoms with Crippen molar-refractivity contribution in [3.05, 3.63) is 34.4 Å². The largest absolute Gasteiger partial charge is 0.368 e. The first-order valence-corrected chi connectivity index (χ1v) is 4.42. The van der Waals surface area contributed by atoms with Crippen molar-refractivity contribution < 1.29 is 4.92 Å². The molecule has 5 nitrogen and oxygen atoms in total. The predicted molar refractivity (Wildman–Crippen MR) is 53.3 cm³/mol. The maximum absolute atomic E-state index is 10.4. The molecule has 1 aromatic rings. The maximum atomic E-state index is 10.4. The van der Waals surface area contributed by atoms with E-state index in [0.29, 0.717) is 0 Å². The summed E-state index contributed by atoms with van der Waals surface area (Å²) in [6.07, 6.45) is 0. The van der Waals surface area contributed by atoms with Crippen LogP contribution in [0, 0.1) is 10.1 Å². The van der Waals surface area contributed by atoms with E-state index < -0.39 is 4.92 Å². The Morgan fingerprint density at radius 3 is 2.36 bits per heavy atom. The van der Waals surface area contributed by atoms with Gasteiger partial charge in [0, 0.05) is 37.0 Å². The molecule has 5 heteroatoms. The summed E-state index contributed by atoms with van der Waals surface area (Å²) in [6.45, 7) is 1.66. The number of hydrogen-bond donors (Lipinski definition) is 1. The molecule has 0 unspecified atom stereocenters. The summed E-state index contributed by atoms with van der Waals surface area (Å²) in [5.41, 5.74) is 6.76. The van der Waals surface area contributed by atoms with E-state index in [1.165, 1.54) is 12.1 Å². The highest BCUT2D eigenvalue weighted by molar-refractivity contribution is 5.53. The summed E-state index contributed by atoms with van der Waals surface area (Å²) in [5, 5.41) is 10.4.